The van der Waals surface area contributed by atoms with Crippen molar-refractivity contribution in [2.45, 2.75) is 25.5 Å². The highest BCUT2D eigenvalue weighted by Gasteiger charge is 2.13. The lowest BCUT2D eigenvalue weighted by Crippen LogP contribution is -2.15. The summed E-state index contributed by atoms with van der Waals surface area (Å²) < 4.78 is 7.21. The summed E-state index contributed by atoms with van der Waals surface area (Å²) in [5.41, 5.74) is 2.81. The molecule has 0 atom stereocenters. The largest absolute Gasteiger partial charge is 0.383 e. The van der Waals surface area contributed by atoms with Gasteiger partial charge in [0.2, 0.25) is 5.91 Å². The third kappa shape index (κ3) is 4.99. The van der Waals surface area contributed by atoms with Crippen LogP contribution in [0.1, 0.15) is 11.4 Å². The fraction of sp³-hybridized carbons (Fsp3) is 0.375. The number of imidazole rings is 1. The highest BCUT2D eigenvalue weighted by molar-refractivity contribution is 7.99. The molecule has 1 heterocycles. The van der Waals surface area contributed by atoms with Crippen LogP contribution in [0, 0.1) is 13.8 Å². The summed E-state index contributed by atoms with van der Waals surface area (Å²) >= 11 is 7.25. The summed E-state index contributed by atoms with van der Waals surface area (Å²) in [6.07, 6.45) is 0. The number of aromatic nitrogens is 2. The number of hydrogen-bond donors (Lipinski definition) is 1. The molecule has 2 aromatic rings. The van der Waals surface area contributed by atoms with Crippen LogP contribution in [-0.2, 0) is 16.1 Å². The van der Waals surface area contributed by atoms with Crippen LogP contribution in [0.15, 0.2) is 29.4 Å². The van der Waals surface area contributed by atoms with Gasteiger partial charge in [0.15, 0.2) is 5.16 Å². The highest BCUT2D eigenvalue weighted by atomic mass is 35.5. The number of amides is 1. The van der Waals surface area contributed by atoms with E-state index in [1.165, 1.54) is 11.8 Å². The first-order valence-corrected chi connectivity index (χ1v) is 8.58. The summed E-state index contributed by atoms with van der Waals surface area (Å²) in [6.45, 7) is 5.33. The first-order valence-electron chi connectivity index (χ1n) is 7.22. The van der Waals surface area contributed by atoms with Crippen molar-refractivity contribution in [1.29, 1.82) is 0 Å². The van der Waals surface area contributed by atoms with Gasteiger partial charge in [-0.2, -0.15) is 0 Å². The highest BCUT2D eigenvalue weighted by Crippen LogP contribution is 2.21. The van der Waals surface area contributed by atoms with Crippen LogP contribution in [0.5, 0.6) is 0 Å². The Hall–Kier alpha value is -1.50. The Morgan fingerprint density at radius 3 is 2.70 bits per heavy atom. The van der Waals surface area contributed by atoms with Gasteiger partial charge in [-0.15, -0.1) is 0 Å². The van der Waals surface area contributed by atoms with Gasteiger partial charge in [0.25, 0.3) is 0 Å². The minimum Gasteiger partial charge on any atom is -0.383 e. The fourth-order valence-electron chi connectivity index (χ4n) is 2.04. The van der Waals surface area contributed by atoms with Crippen LogP contribution < -0.4 is 5.32 Å². The number of nitrogens with one attached hydrogen (secondary N) is 1. The molecule has 0 radical (unpaired) electrons. The standard InChI is InChI=1S/C16H20ClN3O2S/c1-11-12(2)20(8-9-22-3)16(18-11)23-10-15(21)19-14-6-4-13(17)5-7-14/h4-7H,8-10H2,1-3H3,(H,19,21). The fourth-order valence-corrected chi connectivity index (χ4v) is 3.08. The summed E-state index contributed by atoms with van der Waals surface area (Å²) in [7, 11) is 1.67. The molecule has 7 heteroatoms. The van der Waals surface area contributed by atoms with Crippen LogP contribution in [0.25, 0.3) is 0 Å². The van der Waals surface area contributed by atoms with Gasteiger partial charge in [-0.1, -0.05) is 23.4 Å². The number of hydrogen-bond acceptors (Lipinski definition) is 4. The van der Waals surface area contributed by atoms with Gasteiger partial charge in [0.1, 0.15) is 0 Å². The normalized spacial score (nSPS) is 10.8. The Bertz CT molecular complexity index is 671. The molecule has 0 aliphatic heterocycles. The van der Waals surface area contributed by atoms with Crippen molar-refractivity contribution in [3.05, 3.63) is 40.7 Å². The molecule has 0 unspecified atom stereocenters. The van der Waals surface area contributed by atoms with Gasteiger partial charge < -0.3 is 14.6 Å². The number of benzene rings is 1. The van der Waals surface area contributed by atoms with Crippen molar-refractivity contribution in [3.8, 4) is 0 Å². The monoisotopic (exact) mass is 353 g/mol. The summed E-state index contributed by atoms with van der Waals surface area (Å²) in [6, 6.07) is 7.04. The Kier molecular flexibility index (Phi) is 6.50. The Balaban J connectivity index is 1.95. The maximum atomic E-state index is 12.1. The third-order valence-corrected chi connectivity index (χ3v) is 4.63. The molecule has 1 amide bonds. The number of nitrogens with zero attached hydrogens (tertiary/aromatic N) is 2. The first-order chi connectivity index (χ1) is 11.0. The molecular weight excluding hydrogens is 334 g/mol. The first kappa shape index (κ1) is 17.8. The van der Waals surface area contributed by atoms with Gasteiger partial charge in [0.05, 0.1) is 18.1 Å². The number of aryl methyl sites for hydroxylation is 1. The van der Waals surface area contributed by atoms with Gasteiger partial charge >= 0.3 is 0 Å². The predicted molar refractivity (Wildman–Crippen MR) is 94.4 cm³/mol. The second-order valence-electron chi connectivity index (χ2n) is 5.05. The number of thioether (sulfide) groups is 1. The molecule has 0 fully saturated rings. The van der Waals surface area contributed by atoms with E-state index < -0.39 is 0 Å². The SMILES string of the molecule is COCCn1c(SCC(=O)Nc2ccc(Cl)cc2)nc(C)c1C. The second-order valence-corrected chi connectivity index (χ2v) is 6.43. The van der Waals surface area contributed by atoms with Gasteiger partial charge in [0, 0.05) is 30.1 Å². The molecule has 1 aromatic carbocycles. The molecule has 0 bridgehead atoms. The molecule has 5 nitrogen and oxygen atoms in total. The summed E-state index contributed by atoms with van der Waals surface area (Å²) in [5, 5.41) is 4.32. The average molecular weight is 354 g/mol. The predicted octanol–water partition coefficient (Wildman–Crippen LogP) is 3.53. The lowest BCUT2D eigenvalue weighted by atomic mass is 10.3. The maximum Gasteiger partial charge on any atom is 0.234 e. The van der Waals surface area contributed by atoms with E-state index in [1.54, 1.807) is 31.4 Å². The zero-order valence-electron chi connectivity index (χ0n) is 13.4. The van der Waals surface area contributed by atoms with E-state index in [0.29, 0.717) is 17.4 Å². The third-order valence-electron chi connectivity index (χ3n) is 3.40. The van der Waals surface area contributed by atoms with E-state index >= 15 is 0 Å². The molecule has 1 N–H and O–H groups in total. The van der Waals surface area contributed by atoms with Crippen LogP contribution in [0.2, 0.25) is 5.02 Å². The van der Waals surface area contributed by atoms with Gasteiger partial charge in [-0.05, 0) is 38.1 Å². The molecule has 0 spiro atoms. The van der Waals surface area contributed by atoms with E-state index in [2.05, 4.69) is 14.9 Å². The van der Waals surface area contributed by atoms with Crippen LogP contribution in [0.4, 0.5) is 5.69 Å². The van der Waals surface area contributed by atoms with Crippen molar-refractivity contribution in [2.24, 2.45) is 0 Å². The molecule has 23 heavy (non-hydrogen) atoms. The Morgan fingerprint density at radius 1 is 1.35 bits per heavy atom. The molecule has 1 aromatic heterocycles. The van der Waals surface area contributed by atoms with Gasteiger partial charge in [-0.3, -0.25) is 4.79 Å². The van der Waals surface area contributed by atoms with E-state index in [9.17, 15) is 4.79 Å². The number of rotatable bonds is 7. The summed E-state index contributed by atoms with van der Waals surface area (Å²) in [4.78, 5) is 16.6. The maximum absolute atomic E-state index is 12.1. The second kappa shape index (κ2) is 8.38. The van der Waals surface area contributed by atoms with E-state index in [-0.39, 0.29) is 5.91 Å². The minimum absolute atomic E-state index is 0.0751. The summed E-state index contributed by atoms with van der Waals surface area (Å²) in [5.74, 6) is 0.222. The van der Waals surface area contributed by atoms with Gasteiger partial charge in [-0.25, -0.2) is 4.98 Å². The van der Waals surface area contributed by atoms with Crippen LogP contribution >= 0.6 is 23.4 Å². The number of carbonyl (C=O) groups is 1. The Labute approximate surface area is 145 Å². The lowest BCUT2D eigenvalue weighted by Gasteiger charge is -2.09. The van der Waals surface area contributed by atoms with Crippen molar-refractivity contribution in [2.75, 3.05) is 24.8 Å². The van der Waals surface area contributed by atoms with Crippen molar-refractivity contribution in [3.63, 3.8) is 0 Å². The lowest BCUT2D eigenvalue weighted by molar-refractivity contribution is -0.113. The average Bonchev–Trinajstić information content (AvgIpc) is 2.80. The van der Waals surface area contributed by atoms with E-state index in [4.69, 9.17) is 16.3 Å². The zero-order chi connectivity index (χ0) is 16.8. The van der Waals surface area contributed by atoms with Crippen LogP contribution in [-0.4, -0.2) is 34.9 Å². The number of halogens is 1. The molecule has 0 aliphatic rings. The molecule has 0 saturated carbocycles. The number of anilines is 1. The molecule has 2 rings (SSSR count). The topological polar surface area (TPSA) is 56.1 Å². The van der Waals surface area contributed by atoms with E-state index in [0.717, 1.165) is 28.8 Å². The Morgan fingerprint density at radius 2 is 2.04 bits per heavy atom. The number of ether oxygens (including phenoxy) is 1. The zero-order valence-corrected chi connectivity index (χ0v) is 15.0. The minimum atomic E-state index is -0.0751. The van der Waals surface area contributed by atoms with Crippen molar-refractivity contribution in [1.82, 2.24) is 9.55 Å². The van der Waals surface area contributed by atoms with Crippen LogP contribution in [0.3, 0.4) is 0 Å². The quantitative estimate of drug-likeness (QED) is 0.774. The van der Waals surface area contributed by atoms with Crippen molar-refractivity contribution >= 4 is 35.0 Å². The molecular formula is C16H20ClN3O2S. The smallest absolute Gasteiger partial charge is 0.234 e. The molecule has 0 saturated heterocycles. The van der Waals surface area contributed by atoms with Crippen molar-refractivity contribution < 1.29 is 9.53 Å². The van der Waals surface area contributed by atoms with E-state index in [1.807, 2.05) is 13.8 Å². The number of carbonyl (C=O) groups excluding carboxylic acids is 1. The number of methoxy groups -OCH3 is 1. The molecule has 0 aliphatic carbocycles. The molecule has 124 valence electrons.